The Kier molecular flexibility index (Phi) is 5.79. The molecule has 142 valence electrons. The van der Waals surface area contributed by atoms with Gasteiger partial charge in [0.1, 0.15) is 10.6 Å². The number of sulfonamides is 1. The Bertz CT molecular complexity index is 1040. The predicted molar refractivity (Wildman–Crippen MR) is 103 cm³/mol. The van der Waals surface area contributed by atoms with Gasteiger partial charge >= 0.3 is 0 Å². The molecule has 8 heteroatoms. The number of carbonyl (C=O) groups is 1. The summed E-state index contributed by atoms with van der Waals surface area (Å²) in [6, 6.07) is 11.7. The van der Waals surface area contributed by atoms with Crippen LogP contribution in [0.15, 0.2) is 58.0 Å². The van der Waals surface area contributed by atoms with Crippen molar-refractivity contribution in [2.24, 2.45) is 0 Å². The second kappa shape index (κ2) is 8.08. The minimum atomic E-state index is -3.76. The van der Waals surface area contributed by atoms with Crippen LogP contribution >= 0.6 is 11.3 Å². The molecule has 0 unspecified atom stereocenters. The van der Waals surface area contributed by atoms with Crippen LogP contribution in [-0.2, 0) is 23.0 Å². The number of thiophene rings is 1. The van der Waals surface area contributed by atoms with Crippen molar-refractivity contribution >= 4 is 27.1 Å². The number of ketones is 1. The Morgan fingerprint density at radius 1 is 1.22 bits per heavy atom. The largest absolute Gasteiger partial charge is 0.495 e. The Balaban J connectivity index is 1.76. The number of hydrogen-bond acceptors (Lipinski definition) is 6. The molecule has 0 spiro atoms. The van der Waals surface area contributed by atoms with Gasteiger partial charge in [-0.2, -0.15) is 0 Å². The monoisotopic (exact) mass is 405 g/mol. The standard InChI is InChI=1S/C19H19NO5S2/c1-3-13-6-8-15(24-2)18(11-13)27(22,23)20-12-14-7-9-17(26-14)19(21)16-5-4-10-25-16/h4-11,20H,3,12H2,1-2H3. The number of ether oxygens (including phenoxy) is 1. The summed E-state index contributed by atoms with van der Waals surface area (Å²) in [7, 11) is -2.32. The van der Waals surface area contributed by atoms with Crippen LogP contribution in [0.5, 0.6) is 5.75 Å². The van der Waals surface area contributed by atoms with Crippen molar-refractivity contribution in [3.63, 3.8) is 0 Å². The summed E-state index contributed by atoms with van der Waals surface area (Å²) in [5.41, 5.74) is 0.902. The van der Waals surface area contributed by atoms with Gasteiger partial charge in [0.15, 0.2) is 5.76 Å². The molecule has 0 aliphatic rings. The summed E-state index contributed by atoms with van der Waals surface area (Å²) >= 11 is 1.22. The van der Waals surface area contributed by atoms with Gasteiger partial charge in [0.2, 0.25) is 15.8 Å². The lowest BCUT2D eigenvalue weighted by atomic mass is 10.2. The molecule has 3 aromatic rings. The molecule has 0 bridgehead atoms. The van der Waals surface area contributed by atoms with Gasteiger partial charge in [-0.15, -0.1) is 11.3 Å². The molecule has 0 atom stereocenters. The van der Waals surface area contributed by atoms with E-state index in [1.54, 1.807) is 36.4 Å². The second-order valence-electron chi connectivity index (χ2n) is 5.74. The van der Waals surface area contributed by atoms with E-state index in [4.69, 9.17) is 9.15 Å². The van der Waals surface area contributed by atoms with E-state index in [-0.39, 0.29) is 23.0 Å². The molecule has 0 aliphatic carbocycles. The van der Waals surface area contributed by atoms with Crippen LogP contribution in [0.3, 0.4) is 0 Å². The highest BCUT2D eigenvalue weighted by atomic mass is 32.2. The minimum absolute atomic E-state index is 0.0813. The topological polar surface area (TPSA) is 85.6 Å². The first-order chi connectivity index (χ1) is 12.9. The summed E-state index contributed by atoms with van der Waals surface area (Å²) < 4.78 is 38.3. The van der Waals surface area contributed by atoms with Crippen molar-refractivity contribution in [3.05, 3.63) is 69.8 Å². The van der Waals surface area contributed by atoms with Crippen molar-refractivity contribution in [2.45, 2.75) is 24.8 Å². The molecule has 0 saturated heterocycles. The number of benzene rings is 1. The molecule has 0 fully saturated rings. The first-order valence-corrected chi connectivity index (χ1v) is 10.6. The maximum Gasteiger partial charge on any atom is 0.244 e. The zero-order valence-electron chi connectivity index (χ0n) is 14.9. The highest BCUT2D eigenvalue weighted by Gasteiger charge is 2.21. The van der Waals surface area contributed by atoms with Crippen molar-refractivity contribution in [1.29, 1.82) is 0 Å². The van der Waals surface area contributed by atoms with Crippen LogP contribution in [0.25, 0.3) is 0 Å². The number of aryl methyl sites for hydroxylation is 1. The van der Waals surface area contributed by atoms with Gasteiger partial charge in [0.05, 0.1) is 18.3 Å². The molecule has 2 heterocycles. The predicted octanol–water partition coefficient (Wildman–Crippen LogP) is 3.62. The lowest BCUT2D eigenvalue weighted by Gasteiger charge is -2.11. The maximum absolute atomic E-state index is 12.7. The summed E-state index contributed by atoms with van der Waals surface area (Å²) in [5, 5.41) is 0. The van der Waals surface area contributed by atoms with Crippen molar-refractivity contribution < 1.29 is 22.4 Å². The number of rotatable bonds is 8. The van der Waals surface area contributed by atoms with Crippen molar-refractivity contribution in [3.8, 4) is 5.75 Å². The molecule has 0 radical (unpaired) electrons. The van der Waals surface area contributed by atoms with Gasteiger partial charge in [0, 0.05) is 11.4 Å². The van der Waals surface area contributed by atoms with E-state index in [9.17, 15) is 13.2 Å². The van der Waals surface area contributed by atoms with Gasteiger partial charge < -0.3 is 9.15 Å². The molecule has 0 amide bonds. The van der Waals surface area contributed by atoms with E-state index in [0.29, 0.717) is 10.6 Å². The maximum atomic E-state index is 12.7. The lowest BCUT2D eigenvalue weighted by Crippen LogP contribution is -2.23. The third kappa shape index (κ3) is 4.29. The van der Waals surface area contributed by atoms with E-state index < -0.39 is 10.0 Å². The normalized spacial score (nSPS) is 11.5. The van der Waals surface area contributed by atoms with Gasteiger partial charge in [-0.3, -0.25) is 4.79 Å². The SMILES string of the molecule is CCc1ccc(OC)c(S(=O)(=O)NCc2ccc(C(=O)c3ccco3)s2)c1. The summed E-state index contributed by atoms with van der Waals surface area (Å²) in [5.74, 6) is 0.320. The van der Waals surface area contributed by atoms with Crippen LogP contribution in [0.4, 0.5) is 0 Å². The average molecular weight is 405 g/mol. The van der Waals surface area contributed by atoms with Gasteiger partial charge in [-0.1, -0.05) is 13.0 Å². The first kappa shape index (κ1) is 19.3. The molecule has 0 aliphatic heterocycles. The first-order valence-electron chi connectivity index (χ1n) is 8.28. The molecule has 0 saturated carbocycles. The van der Waals surface area contributed by atoms with Crippen LogP contribution in [-0.4, -0.2) is 21.3 Å². The number of hydrogen-bond donors (Lipinski definition) is 1. The molecular weight excluding hydrogens is 386 g/mol. The Labute approximate surface area is 161 Å². The number of methoxy groups -OCH3 is 1. The van der Waals surface area contributed by atoms with Crippen LogP contribution < -0.4 is 9.46 Å². The van der Waals surface area contributed by atoms with E-state index in [1.165, 1.54) is 24.7 Å². The molecule has 1 N–H and O–H groups in total. The zero-order valence-corrected chi connectivity index (χ0v) is 16.5. The number of carbonyl (C=O) groups excluding carboxylic acids is 1. The summed E-state index contributed by atoms with van der Waals surface area (Å²) in [6.07, 6.45) is 2.16. The zero-order chi connectivity index (χ0) is 19.4. The lowest BCUT2D eigenvalue weighted by molar-refractivity contribution is 0.101. The number of furan rings is 1. The Hall–Kier alpha value is -2.42. The molecular formula is C19H19NO5S2. The molecule has 27 heavy (non-hydrogen) atoms. The fraction of sp³-hybridized carbons (Fsp3) is 0.211. The fourth-order valence-corrected chi connectivity index (χ4v) is 4.73. The highest BCUT2D eigenvalue weighted by molar-refractivity contribution is 7.89. The highest BCUT2D eigenvalue weighted by Crippen LogP contribution is 2.26. The third-order valence-corrected chi connectivity index (χ3v) is 6.50. The van der Waals surface area contributed by atoms with E-state index >= 15 is 0 Å². The fourth-order valence-electron chi connectivity index (χ4n) is 2.52. The van der Waals surface area contributed by atoms with Gasteiger partial charge in [-0.25, -0.2) is 13.1 Å². The molecule has 2 aromatic heterocycles. The van der Waals surface area contributed by atoms with E-state index in [1.807, 2.05) is 13.0 Å². The quantitative estimate of drug-likeness (QED) is 0.579. The van der Waals surface area contributed by atoms with Gasteiger partial charge in [-0.05, 0) is 48.4 Å². The van der Waals surface area contributed by atoms with Crippen LogP contribution in [0.1, 0.15) is 32.8 Å². The van der Waals surface area contributed by atoms with E-state index in [2.05, 4.69) is 4.72 Å². The van der Waals surface area contributed by atoms with Crippen molar-refractivity contribution in [1.82, 2.24) is 4.72 Å². The van der Waals surface area contributed by atoms with Crippen LogP contribution in [0, 0.1) is 0 Å². The molecule has 1 aromatic carbocycles. The Morgan fingerprint density at radius 2 is 2.04 bits per heavy atom. The van der Waals surface area contributed by atoms with Crippen molar-refractivity contribution in [2.75, 3.05) is 7.11 Å². The van der Waals surface area contributed by atoms with Gasteiger partial charge in [0.25, 0.3) is 0 Å². The Morgan fingerprint density at radius 3 is 2.70 bits per heavy atom. The third-order valence-electron chi connectivity index (χ3n) is 3.99. The minimum Gasteiger partial charge on any atom is -0.495 e. The average Bonchev–Trinajstić information content (AvgIpc) is 3.37. The molecule has 3 rings (SSSR count). The summed E-state index contributed by atoms with van der Waals surface area (Å²) in [4.78, 5) is 13.6. The molecule has 6 nitrogen and oxygen atoms in total. The smallest absolute Gasteiger partial charge is 0.244 e. The second-order valence-corrected chi connectivity index (χ2v) is 8.64. The van der Waals surface area contributed by atoms with Crippen LogP contribution in [0.2, 0.25) is 0 Å². The van der Waals surface area contributed by atoms with E-state index in [0.717, 1.165) is 16.9 Å². The summed E-state index contributed by atoms with van der Waals surface area (Å²) in [6.45, 7) is 2.03. The number of nitrogens with one attached hydrogen (secondary N) is 1.